The largest absolute Gasteiger partial charge is 0.490 e. The number of halogens is 2. The maximum atomic E-state index is 16.8. The van der Waals surface area contributed by atoms with Crippen molar-refractivity contribution >= 4 is 39.2 Å². The Hall–Kier alpha value is -3.27. The molecular formula is C37H50ClFN4O8S. The summed E-state index contributed by atoms with van der Waals surface area (Å²) in [5.74, 6) is -2.59. The SMILES string of the molecule is COCCN(CCOC)C(=O)C(/C(F)=C/C[C@H](C)CS(N)(=O)=O)N1CCCC1N1CC2(CCCc3cc(Cl)ccc32)COc2ccc(C(=O)O)cc21. The first-order valence-corrected chi connectivity index (χ1v) is 19.8. The van der Waals surface area contributed by atoms with Gasteiger partial charge in [0.2, 0.25) is 15.9 Å². The van der Waals surface area contributed by atoms with E-state index in [-0.39, 0.29) is 44.0 Å². The number of nitrogens with zero attached hydrogens (tertiary/aromatic N) is 3. The van der Waals surface area contributed by atoms with Gasteiger partial charge in [0.25, 0.3) is 0 Å². The third-order valence-corrected chi connectivity index (χ3v) is 11.6. The summed E-state index contributed by atoms with van der Waals surface area (Å²) in [6, 6.07) is 9.34. The van der Waals surface area contributed by atoms with Crippen LogP contribution in [0.2, 0.25) is 5.02 Å². The number of rotatable bonds is 15. The predicted octanol–water partition coefficient (Wildman–Crippen LogP) is 4.59. The molecule has 286 valence electrons. The molecule has 2 aromatic carbocycles. The number of sulfonamides is 1. The number of allylic oxidation sites excluding steroid dienone is 1. The monoisotopic (exact) mass is 764 g/mol. The molecule has 1 saturated heterocycles. The molecule has 1 spiro atoms. The molecule has 3 aliphatic rings. The summed E-state index contributed by atoms with van der Waals surface area (Å²) in [5.41, 5.74) is 2.37. The van der Waals surface area contributed by atoms with Gasteiger partial charge in [-0.3, -0.25) is 9.69 Å². The molecule has 1 amide bonds. The second-order valence-electron chi connectivity index (χ2n) is 14.2. The number of hydrogen-bond donors (Lipinski definition) is 2. The first-order chi connectivity index (χ1) is 24.8. The summed E-state index contributed by atoms with van der Waals surface area (Å²) in [5, 5.41) is 15.9. The molecule has 0 radical (unpaired) electrons. The van der Waals surface area contributed by atoms with Crippen LogP contribution >= 0.6 is 11.6 Å². The van der Waals surface area contributed by atoms with Crippen molar-refractivity contribution in [2.45, 2.75) is 63.1 Å². The smallest absolute Gasteiger partial charge is 0.335 e. The van der Waals surface area contributed by atoms with Gasteiger partial charge in [-0.25, -0.2) is 22.7 Å². The third-order valence-electron chi connectivity index (χ3n) is 10.4. The minimum atomic E-state index is -3.79. The van der Waals surface area contributed by atoms with Crippen molar-refractivity contribution < 1.29 is 41.7 Å². The van der Waals surface area contributed by atoms with Gasteiger partial charge in [-0.2, -0.15) is 0 Å². The highest BCUT2D eigenvalue weighted by atomic mass is 35.5. The van der Waals surface area contributed by atoms with Crippen LogP contribution in [0, 0.1) is 5.92 Å². The summed E-state index contributed by atoms with van der Waals surface area (Å²) < 4.78 is 57.5. The molecule has 4 atom stereocenters. The molecule has 2 aliphatic heterocycles. The van der Waals surface area contributed by atoms with Crippen LogP contribution in [0.15, 0.2) is 48.3 Å². The van der Waals surface area contributed by atoms with Gasteiger partial charge in [-0.15, -0.1) is 0 Å². The van der Waals surface area contributed by atoms with Crippen LogP contribution in [-0.2, 0) is 36.1 Å². The number of carboxylic acids is 1. The number of aromatic carboxylic acids is 1. The van der Waals surface area contributed by atoms with E-state index < -0.39 is 51.3 Å². The number of methoxy groups -OCH3 is 2. The van der Waals surface area contributed by atoms with Crippen LogP contribution in [0.5, 0.6) is 5.75 Å². The van der Waals surface area contributed by atoms with Crippen LogP contribution in [0.3, 0.4) is 0 Å². The Kier molecular flexibility index (Phi) is 13.2. The molecule has 1 fully saturated rings. The average molecular weight is 765 g/mol. The summed E-state index contributed by atoms with van der Waals surface area (Å²) in [4.78, 5) is 32.3. The first-order valence-electron chi connectivity index (χ1n) is 17.7. The van der Waals surface area contributed by atoms with Gasteiger partial charge in [-0.05, 0) is 85.9 Å². The van der Waals surface area contributed by atoms with Crippen LogP contribution in [0.4, 0.5) is 10.1 Å². The lowest BCUT2D eigenvalue weighted by Crippen LogP contribution is -2.58. The van der Waals surface area contributed by atoms with Crippen molar-refractivity contribution in [3.05, 3.63) is 70.0 Å². The van der Waals surface area contributed by atoms with Crippen LogP contribution in [0.25, 0.3) is 0 Å². The Bertz CT molecular complexity index is 1740. The van der Waals surface area contributed by atoms with Crippen LogP contribution in [-0.4, -0.2) is 113 Å². The first kappa shape index (κ1) is 39.9. The van der Waals surface area contributed by atoms with Gasteiger partial charge in [-0.1, -0.05) is 30.7 Å². The Labute approximate surface area is 310 Å². The number of amides is 1. The molecule has 52 heavy (non-hydrogen) atoms. The number of primary sulfonamides is 1. The maximum absolute atomic E-state index is 16.8. The number of ether oxygens (including phenoxy) is 3. The van der Waals surface area contributed by atoms with E-state index in [0.717, 1.165) is 30.4 Å². The highest BCUT2D eigenvalue weighted by Crippen LogP contribution is 2.46. The lowest BCUT2D eigenvalue weighted by molar-refractivity contribution is -0.138. The standard InChI is InChI=1S/C37H50ClFN4O8S/c1-25(22-52(40,47)48)8-12-30(39)34(35(44)41(16-18-49-2)17-19-50-3)42-15-5-7-33(42)43-23-37(14-4-6-26-20-28(38)10-11-29(26)37)24-51-32-13-9-27(36(45)46)21-31(32)43/h9-13,20-21,25,33-34H,4-8,14-19,22-24H2,1-3H3,(H,45,46)(H2,40,47,48)/b30-12-/t25-,33?,34?,37?/m0/s1. The van der Waals surface area contributed by atoms with Crippen LogP contribution in [0.1, 0.15) is 60.5 Å². The van der Waals surface area contributed by atoms with E-state index in [1.807, 2.05) is 23.1 Å². The van der Waals surface area contributed by atoms with Gasteiger partial charge in [0, 0.05) is 50.8 Å². The summed E-state index contributed by atoms with van der Waals surface area (Å²) >= 11 is 6.44. The third kappa shape index (κ3) is 9.26. The van der Waals surface area contributed by atoms with Crippen molar-refractivity contribution in [3.63, 3.8) is 0 Å². The fourth-order valence-corrected chi connectivity index (χ4v) is 9.04. The minimum absolute atomic E-state index is 0.0471. The molecule has 0 aromatic heterocycles. The Morgan fingerprint density at radius 2 is 1.90 bits per heavy atom. The number of benzene rings is 2. The molecule has 2 aromatic rings. The quantitative estimate of drug-likeness (QED) is 0.264. The summed E-state index contributed by atoms with van der Waals surface area (Å²) in [6.07, 6.45) is 4.57. The van der Waals surface area contributed by atoms with E-state index in [2.05, 4.69) is 4.90 Å². The molecule has 12 nitrogen and oxygen atoms in total. The summed E-state index contributed by atoms with van der Waals surface area (Å²) in [7, 11) is -0.741. The fraction of sp³-hybridized carbons (Fsp3) is 0.568. The number of fused-ring (bicyclic) bond motifs is 3. The van der Waals surface area contributed by atoms with Gasteiger partial charge < -0.3 is 29.1 Å². The second kappa shape index (κ2) is 17.3. The second-order valence-corrected chi connectivity index (χ2v) is 16.3. The molecule has 15 heteroatoms. The van der Waals surface area contributed by atoms with E-state index >= 15 is 4.39 Å². The highest BCUT2D eigenvalue weighted by Gasteiger charge is 2.48. The number of hydrogen-bond acceptors (Lipinski definition) is 9. The van der Waals surface area contributed by atoms with Gasteiger partial charge in [0.05, 0.1) is 43.0 Å². The Balaban J connectivity index is 1.61. The number of carbonyl (C=O) groups excluding carboxylic acids is 1. The van der Waals surface area contributed by atoms with E-state index in [4.69, 9.17) is 31.0 Å². The number of aryl methyl sites for hydroxylation is 1. The number of likely N-dealkylation sites (tertiary alicyclic amines) is 1. The van der Waals surface area contributed by atoms with Gasteiger partial charge >= 0.3 is 5.97 Å². The van der Waals surface area contributed by atoms with Gasteiger partial charge in [0.1, 0.15) is 17.6 Å². The minimum Gasteiger partial charge on any atom is -0.490 e. The van der Waals surface area contributed by atoms with Crippen molar-refractivity contribution in [3.8, 4) is 5.75 Å². The zero-order valence-corrected chi connectivity index (χ0v) is 31.6. The zero-order chi connectivity index (χ0) is 37.6. The molecule has 0 saturated carbocycles. The van der Waals surface area contributed by atoms with Crippen molar-refractivity contribution in [2.75, 3.05) is 70.9 Å². The fourth-order valence-electron chi connectivity index (χ4n) is 7.91. The lowest BCUT2D eigenvalue weighted by atomic mass is 9.70. The highest BCUT2D eigenvalue weighted by molar-refractivity contribution is 7.89. The predicted molar refractivity (Wildman–Crippen MR) is 197 cm³/mol. The number of anilines is 1. The molecule has 3 unspecified atom stereocenters. The molecular weight excluding hydrogens is 715 g/mol. The Morgan fingerprint density at radius 3 is 2.58 bits per heavy atom. The molecule has 2 heterocycles. The number of nitrogens with two attached hydrogens (primary N) is 1. The zero-order valence-electron chi connectivity index (χ0n) is 30.1. The maximum Gasteiger partial charge on any atom is 0.335 e. The normalized spacial score (nSPS) is 21.9. The van der Waals surface area contributed by atoms with Crippen molar-refractivity contribution in [1.82, 2.24) is 9.80 Å². The molecule has 1 aliphatic carbocycles. The van der Waals surface area contributed by atoms with Crippen LogP contribution < -0.4 is 14.8 Å². The summed E-state index contributed by atoms with van der Waals surface area (Å²) in [6.45, 7) is 3.66. The molecule has 3 N–H and O–H groups in total. The Morgan fingerprint density at radius 1 is 1.17 bits per heavy atom. The molecule has 5 rings (SSSR count). The van der Waals surface area contributed by atoms with E-state index in [1.165, 1.54) is 31.3 Å². The van der Waals surface area contributed by atoms with E-state index in [9.17, 15) is 23.1 Å². The van der Waals surface area contributed by atoms with Gasteiger partial charge in [0.15, 0.2) is 0 Å². The van der Waals surface area contributed by atoms with E-state index in [0.29, 0.717) is 49.0 Å². The number of carbonyl (C=O) groups is 2. The lowest BCUT2D eigenvalue weighted by Gasteiger charge is -2.45. The van der Waals surface area contributed by atoms with Crippen molar-refractivity contribution in [1.29, 1.82) is 0 Å². The molecule has 0 bridgehead atoms. The van der Waals surface area contributed by atoms with E-state index in [1.54, 1.807) is 19.1 Å². The average Bonchev–Trinajstić information content (AvgIpc) is 3.50. The van der Waals surface area contributed by atoms with Crippen molar-refractivity contribution in [2.24, 2.45) is 11.1 Å². The number of carboxylic acid groups (broad SMARTS) is 1. The topological polar surface area (TPSA) is 152 Å².